The summed E-state index contributed by atoms with van der Waals surface area (Å²) in [7, 11) is 1.89. The first-order valence-corrected chi connectivity index (χ1v) is 6.58. The van der Waals surface area contributed by atoms with E-state index in [1.54, 1.807) is 16.9 Å². The van der Waals surface area contributed by atoms with Gasteiger partial charge in [-0.1, -0.05) is 6.07 Å². The number of nitrogens with zero attached hydrogens (tertiary/aromatic N) is 3. The predicted molar refractivity (Wildman–Crippen MR) is 77.5 cm³/mol. The highest BCUT2D eigenvalue weighted by Gasteiger charge is 2.02. The fourth-order valence-corrected chi connectivity index (χ4v) is 1.80. The molecule has 0 saturated heterocycles. The normalized spacial score (nSPS) is 10.3. The summed E-state index contributed by atoms with van der Waals surface area (Å²) in [5.41, 5.74) is 2.24. The van der Waals surface area contributed by atoms with Crippen LogP contribution in [0.4, 0.5) is 10.6 Å². The number of hydrogen-bond donors (Lipinski definition) is 2. The average Bonchev–Trinajstić information content (AvgIpc) is 2.83. The summed E-state index contributed by atoms with van der Waals surface area (Å²) in [5.74, 6) is 0.556. The Hall–Kier alpha value is -2.37. The maximum atomic E-state index is 11.6. The molecule has 2 aromatic heterocycles. The number of carbonyl (C=O) groups excluding carboxylic acids is 1. The molecule has 0 fully saturated rings. The fraction of sp³-hybridized carbons (Fsp3) is 0.357. The van der Waals surface area contributed by atoms with E-state index in [-0.39, 0.29) is 6.03 Å². The molecule has 2 amide bonds. The van der Waals surface area contributed by atoms with Gasteiger partial charge in [-0.2, -0.15) is 5.10 Å². The van der Waals surface area contributed by atoms with Crippen LogP contribution < -0.4 is 10.6 Å². The molecule has 0 radical (unpaired) electrons. The number of anilines is 1. The van der Waals surface area contributed by atoms with E-state index in [2.05, 4.69) is 20.7 Å². The van der Waals surface area contributed by atoms with Crippen LogP contribution in [-0.4, -0.2) is 27.3 Å². The third-order valence-electron chi connectivity index (χ3n) is 2.84. The van der Waals surface area contributed by atoms with E-state index in [9.17, 15) is 4.79 Å². The molecule has 2 rings (SSSR count). The monoisotopic (exact) mass is 273 g/mol. The van der Waals surface area contributed by atoms with Gasteiger partial charge in [0.2, 0.25) is 0 Å². The van der Waals surface area contributed by atoms with E-state index in [1.165, 1.54) is 5.56 Å². The minimum Gasteiger partial charge on any atom is -0.338 e. The zero-order valence-electron chi connectivity index (χ0n) is 11.8. The summed E-state index contributed by atoms with van der Waals surface area (Å²) in [6, 6.07) is 3.46. The van der Waals surface area contributed by atoms with Crippen LogP contribution in [-0.2, 0) is 13.5 Å². The van der Waals surface area contributed by atoms with Gasteiger partial charge in [-0.3, -0.25) is 10.00 Å². The lowest BCUT2D eigenvalue weighted by Crippen LogP contribution is -2.30. The quantitative estimate of drug-likeness (QED) is 0.817. The van der Waals surface area contributed by atoms with E-state index in [1.807, 2.05) is 32.4 Å². The number of amides is 2. The lowest BCUT2D eigenvalue weighted by Gasteiger charge is -2.06. The van der Waals surface area contributed by atoms with E-state index in [4.69, 9.17) is 0 Å². The van der Waals surface area contributed by atoms with Crippen molar-refractivity contribution in [1.29, 1.82) is 0 Å². The molecule has 0 unspecified atom stereocenters. The van der Waals surface area contributed by atoms with E-state index < -0.39 is 0 Å². The fourth-order valence-electron chi connectivity index (χ4n) is 1.80. The second kappa shape index (κ2) is 6.70. The molecule has 2 N–H and O–H groups in total. The van der Waals surface area contributed by atoms with Crippen LogP contribution in [0.5, 0.6) is 0 Å². The van der Waals surface area contributed by atoms with Crippen LogP contribution in [0.1, 0.15) is 17.5 Å². The molecule has 0 aliphatic heterocycles. The van der Waals surface area contributed by atoms with Gasteiger partial charge in [-0.25, -0.2) is 9.78 Å². The van der Waals surface area contributed by atoms with Crippen LogP contribution in [0.25, 0.3) is 0 Å². The Morgan fingerprint density at radius 2 is 2.20 bits per heavy atom. The van der Waals surface area contributed by atoms with Crippen LogP contribution in [0, 0.1) is 6.92 Å². The van der Waals surface area contributed by atoms with Crippen LogP contribution in [0.2, 0.25) is 0 Å². The van der Waals surface area contributed by atoms with E-state index in [0.717, 1.165) is 18.4 Å². The largest absolute Gasteiger partial charge is 0.338 e. The minimum absolute atomic E-state index is 0.229. The van der Waals surface area contributed by atoms with Crippen LogP contribution in [0.3, 0.4) is 0 Å². The van der Waals surface area contributed by atoms with Crippen molar-refractivity contribution in [2.24, 2.45) is 7.05 Å². The van der Waals surface area contributed by atoms with Crippen molar-refractivity contribution in [3.63, 3.8) is 0 Å². The van der Waals surface area contributed by atoms with Crippen LogP contribution >= 0.6 is 0 Å². The van der Waals surface area contributed by atoms with Gasteiger partial charge in [0.25, 0.3) is 0 Å². The molecule has 0 saturated carbocycles. The number of carbonyl (C=O) groups is 1. The van der Waals surface area contributed by atoms with E-state index in [0.29, 0.717) is 12.4 Å². The standard InChI is InChI=1S/C14H19N5O/c1-11-5-6-13(16-8-11)18-14(20)15-7-3-4-12-9-17-19(2)10-12/h5-6,8-10H,3-4,7H2,1-2H3,(H2,15,16,18,20). The molecular weight excluding hydrogens is 254 g/mol. The number of urea groups is 1. The van der Waals surface area contributed by atoms with Gasteiger partial charge in [0.05, 0.1) is 6.20 Å². The maximum Gasteiger partial charge on any atom is 0.320 e. The first-order chi connectivity index (χ1) is 9.63. The maximum absolute atomic E-state index is 11.6. The second-order valence-corrected chi connectivity index (χ2v) is 4.73. The van der Waals surface area contributed by atoms with Crippen molar-refractivity contribution < 1.29 is 4.79 Å². The lowest BCUT2D eigenvalue weighted by molar-refractivity contribution is 0.252. The van der Waals surface area contributed by atoms with Crippen molar-refractivity contribution in [3.8, 4) is 0 Å². The highest BCUT2D eigenvalue weighted by atomic mass is 16.2. The molecule has 6 heteroatoms. The number of hydrogen-bond acceptors (Lipinski definition) is 3. The molecule has 0 aromatic carbocycles. The highest BCUT2D eigenvalue weighted by molar-refractivity contribution is 5.88. The Morgan fingerprint density at radius 3 is 2.85 bits per heavy atom. The molecule has 2 aromatic rings. The van der Waals surface area contributed by atoms with Crippen molar-refractivity contribution in [3.05, 3.63) is 41.9 Å². The zero-order valence-corrected chi connectivity index (χ0v) is 11.8. The smallest absolute Gasteiger partial charge is 0.320 e. The lowest BCUT2D eigenvalue weighted by atomic mass is 10.2. The van der Waals surface area contributed by atoms with Crippen molar-refractivity contribution in [2.45, 2.75) is 19.8 Å². The van der Waals surface area contributed by atoms with Gasteiger partial charge in [-0.15, -0.1) is 0 Å². The van der Waals surface area contributed by atoms with Gasteiger partial charge in [0.1, 0.15) is 5.82 Å². The van der Waals surface area contributed by atoms with Gasteiger partial charge in [0.15, 0.2) is 0 Å². The molecule has 0 spiro atoms. The van der Waals surface area contributed by atoms with Crippen molar-refractivity contribution in [1.82, 2.24) is 20.1 Å². The van der Waals surface area contributed by atoms with Crippen LogP contribution in [0.15, 0.2) is 30.7 Å². The molecule has 0 atom stereocenters. The Morgan fingerprint density at radius 1 is 1.35 bits per heavy atom. The SMILES string of the molecule is Cc1ccc(NC(=O)NCCCc2cnn(C)c2)nc1. The third-order valence-corrected chi connectivity index (χ3v) is 2.84. The van der Waals surface area contributed by atoms with Gasteiger partial charge >= 0.3 is 6.03 Å². The summed E-state index contributed by atoms with van der Waals surface area (Å²) in [6.45, 7) is 2.57. The Balaban J connectivity index is 1.66. The first kappa shape index (κ1) is 14.0. The first-order valence-electron chi connectivity index (χ1n) is 6.58. The topological polar surface area (TPSA) is 71.8 Å². The molecule has 0 bridgehead atoms. The number of pyridine rings is 1. The van der Waals surface area contributed by atoms with Gasteiger partial charge < -0.3 is 5.32 Å². The molecule has 20 heavy (non-hydrogen) atoms. The molecule has 2 heterocycles. The second-order valence-electron chi connectivity index (χ2n) is 4.73. The minimum atomic E-state index is -0.229. The summed E-state index contributed by atoms with van der Waals surface area (Å²) in [5, 5.41) is 9.60. The molecule has 0 aliphatic rings. The van der Waals surface area contributed by atoms with Gasteiger partial charge in [-0.05, 0) is 37.0 Å². The number of rotatable bonds is 5. The summed E-state index contributed by atoms with van der Waals surface area (Å²) >= 11 is 0. The number of aromatic nitrogens is 3. The Kier molecular flexibility index (Phi) is 4.70. The number of nitrogens with one attached hydrogen (secondary N) is 2. The zero-order chi connectivity index (χ0) is 14.4. The summed E-state index contributed by atoms with van der Waals surface area (Å²) < 4.78 is 1.78. The molecule has 106 valence electrons. The number of aryl methyl sites for hydroxylation is 3. The molecule has 0 aliphatic carbocycles. The molecule has 6 nitrogen and oxygen atoms in total. The average molecular weight is 273 g/mol. The Bertz CT molecular complexity index is 561. The van der Waals surface area contributed by atoms with Crippen molar-refractivity contribution in [2.75, 3.05) is 11.9 Å². The highest BCUT2D eigenvalue weighted by Crippen LogP contribution is 2.03. The van der Waals surface area contributed by atoms with Gasteiger partial charge in [0, 0.05) is 26.0 Å². The Labute approximate surface area is 118 Å². The summed E-state index contributed by atoms with van der Waals surface area (Å²) in [4.78, 5) is 15.7. The van der Waals surface area contributed by atoms with E-state index >= 15 is 0 Å². The molecular formula is C14H19N5O. The third kappa shape index (κ3) is 4.38. The summed E-state index contributed by atoms with van der Waals surface area (Å²) in [6.07, 6.45) is 7.32. The van der Waals surface area contributed by atoms with Crippen molar-refractivity contribution >= 4 is 11.8 Å². The predicted octanol–water partition coefficient (Wildman–Crippen LogP) is 1.88.